The van der Waals surface area contributed by atoms with Gasteiger partial charge in [0.15, 0.2) is 0 Å². The van der Waals surface area contributed by atoms with E-state index in [1.807, 2.05) is 48.5 Å². The molecule has 0 bridgehead atoms. The van der Waals surface area contributed by atoms with Crippen LogP contribution < -0.4 is 9.47 Å². The zero-order valence-electron chi connectivity index (χ0n) is 11.0. The van der Waals surface area contributed by atoms with Crippen LogP contribution in [0.15, 0.2) is 48.5 Å². The molecule has 2 nitrogen and oxygen atoms in total. The Labute approximate surface area is 126 Å². The lowest BCUT2D eigenvalue weighted by Crippen LogP contribution is -2.02. The van der Waals surface area contributed by atoms with E-state index in [9.17, 15) is 4.39 Å². The molecule has 0 radical (unpaired) electrons. The van der Waals surface area contributed by atoms with Gasteiger partial charge in [-0.1, -0.05) is 46.3 Å². The summed E-state index contributed by atoms with van der Waals surface area (Å²) in [5, 5.41) is 0.636. The van der Waals surface area contributed by atoms with Gasteiger partial charge in [-0.15, -0.1) is 0 Å². The van der Waals surface area contributed by atoms with Gasteiger partial charge in [-0.3, -0.25) is 0 Å². The van der Waals surface area contributed by atoms with Gasteiger partial charge in [-0.05, 0) is 23.8 Å². The molecule has 0 aliphatic carbocycles. The third-order valence-corrected chi connectivity index (χ3v) is 3.36. The van der Waals surface area contributed by atoms with Crippen molar-refractivity contribution < 1.29 is 13.9 Å². The average molecular weight is 339 g/mol. The van der Waals surface area contributed by atoms with E-state index in [0.29, 0.717) is 17.7 Å². The van der Waals surface area contributed by atoms with Gasteiger partial charge in [0.25, 0.3) is 0 Å². The van der Waals surface area contributed by atoms with Crippen LogP contribution in [0.3, 0.4) is 0 Å². The summed E-state index contributed by atoms with van der Waals surface area (Å²) in [6, 6.07) is 15.5. The quantitative estimate of drug-likeness (QED) is 0.691. The molecule has 0 unspecified atom stereocenters. The van der Waals surface area contributed by atoms with E-state index >= 15 is 0 Å². The fourth-order valence-electron chi connectivity index (χ4n) is 1.78. The van der Waals surface area contributed by atoms with E-state index in [4.69, 9.17) is 9.47 Å². The van der Waals surface area contributed by atoms with Crippen LogP contribution in [0.25, 0.3) is 0 Å². The van der Waals surface area contributed by atoms with Gasteiger partial charge in [0.2, 0.25) is 0 Å². The summed E-state index contributed by atoms with van der Waals surface area (Å²) in [4.78, 5) is 0. The van der Waals surface area contributed by atoms with Gasteiger partial charge in [0, 0.05) is 10.9 Å². The van der Waals surface area contributed by atoms with Crippen LogP contribution in [-0.2, 0) is 11.9 Å². The van der Waals surface area contributed by atoms with Gasteiger partial charge in [0.1, 0.15) is 31.4 Å². The van der Waals surface area contributed by atoms with Crippen LogP contribution in [0.1, 0.15) is 11.1 Å². The third kappa shape index (κ3) is 4.23. The predicted octanol–water partition coefficient (Wildman–Crippen LogP) is 4.51. The Kier molecular flexibility index (Phi) is 5.87. The summed E-state index contributed by atoms with van der Waals surface area (Å²) in [5.74, 6) is 1.46. The molecule has 20 heavy (non-hydrogen) atoms. The predicted molar refractivity (Wildman–Crippen MR) is 81.3 cm³/mol. The van der Waals surface area contributed by atoms with E-state index in [2.05, 4.69) is 15.9 Å². The van der Waals surface area contributed by atoms with Crippen LogP contribution in [0, 0.1) is 0 Å². The molecule has 0 heterocycles. The van der Waals surface area contributed by atoms with Crippen LogP contribution in [0.5, 0.6) is 11.5 Å². The summed E-state index contributed by atoms with van der Waals surface area (Å²) in [7, 11) is 0. The van der Waals surface area contributed by atoms with Crippen LogP contribution in [0.4, 0.5) is 4.39 Å². The molecule has 0 aliphatic rings. The minimum Gasteiger partial charge on any atom is -0.491 e. The molecule has 4 heteroatoms. The van der Waals surface area contributed by atoms with Gasteiger partial charge < -0.3 is 9.47 Å². The Bertz CT molecular complexity index is 531. The molecule has 2 aromatic rings. The molecule has 0 spiro atoms. The summed E-state index contributed by atoms with van der Waals surface area (Å²) in [5.41, 5.74) is 2.06. The standard InChI is InChI=1S/C16H16BrFO2/c17-11-14-10-15(6-7-16(14)19-9-8-18)20-12-13-4-2-1-3-5-13/h1-7,10H,8-9,11-12H2. The first-order chi connectivity index (χ1) is 9.83. The first kappa shape index (κ1) is 14.9. The molecule has 0 amide bonds. The molecule has 106 valence electrons. The Morgan fingerprint density at radius 2 is 1.80 bits per heavy atom. The zero-order valence-corrected chi connectivity index (χ0v) is 12.6. The maximum absolute atomic E-state index is 12.1. The molecule has 0 aromatic heterocycles. The second kappa shape index (κ2) is 7.90. The average Bonchev–Trinajstić information content (AvgIpc) is 2.52. The second-order valence-electron chi connectivity index (χ2n) is 4.21. The van der Waals surface area contributed by atoms with Gasteiger partial charge >= 0.3 is 0 Å². The molecular weight excluding hydrogens is 323 g/mol. The van der Waals surface area contributed by atoms with Crippen molar-refractivity contribution >= 4 is 15.9 Å². The highest BCUT2D eigenvalue weighted by atomic mass is 79.9. The third-order valence-electron chi connectivity index (χ3n) is 2.76. The Morgan fingerprint density at radius 3 is 2.50 bits per heavy atom. The maximum atomic E-state index is 12.1. The first-order valence-corrected chi connectivity index (χ1v) is 7.50. The maximum Gasteiger partial charge on any atom is 0.123 e. The number of rotatable bonds is 7. The summed E-state index contributed by atoms with van der Waals surface area (Å²) in [6.45, 7) is 0.103. The minimum atomic E-state index is -0.492. The highest BCUT2D eigenvalue weighted by Gasteiger charge is 2.05. The summed E-state index contributed by atoms with van der Waals surface area (Å²) in [6.07, 6.45) is 0. The van der Waals surface area contributed by atoms with E-state index in [1.165, 1.54) is 0 Å². The van der Waals surface area contributed by atoms with E-state index in [1.54, 1.807) is 0 Å². The van der Waals surface area contributed by atoms with Crippen molar-refractivity contribution in [3.8, 4) is 11.5 Å². The molecule has 0 aliphatic heterocycles. The van der Waals surface area contributed by atoms with Crippen molar-refractivity contribution in [1.82, 2.24) is 0 Å². The van der Waals surface area contributed by atoms with Crippen LogP contribution in [0.2, 0.25) is 0 Å². The molecule has 0 N–H and O–H groups in total. The number of hydrogen-bond acceptors (Lipinski definition) is 2. The number of hydrogen-bond donors (Lipinski definition) is 0. The molecule has 2 rings (SSSR count). The molecule has 0 saturated heterocycles. The minimum absolute atomic E-state index is 0.0736. The SMILES string of the molecule is FCCOc1ccc(OCc2ccccc2)cc1CBr. The Morgan fingerprint density at radius 1 is 1.00 bits per heavy atom. The van der Waals surface area contributed by atoms with Gasteiger partial charge in [-0.2, -0.15) is 0 Å². The normalized spacial score (nSPS) is 10.3. The van der Waals surface area contributed by atoms with Crippen molar-refractivity contribution in [3.05, 3.63) is 59.7 Å². The first-order valence-electron chi connectivity index (χ1n) is 6.38. The molecule has 0 fully saturated rings. The molecule has 0 atom stereocenters. The number of benzene rings is 2. The zero-order chi connectivity index (χ0) is 14.2. The van der Waals surface area contributed by atoms with Crippen molar-refractivity contribution in [2.75, 3.05) is 13.3 Å². The second-order valence-corrected chi connectivity index (χ2v) is 4.78. The van der Waals surface area contributed by atoms with E-state index in [0.717, 1.165) is 16.9 Å². The van der Waals surface area contributed by atoms with Gasteiger partial charge in [-0.25, -0.2) is 4.39 Å². The van der Waals surface area contributed by atoms with Crippen molar-refractivity contribution in [1.29, 1.82) is 0 Å². The highest BCUT2D eigenvalue weighted by molar-refractivity contribution is 9.08. The summed E-state index contributed by atoms with van der Waals surface area (Å²) >= 11 is 3.40. The lowest BCUT2D eigenvalue weighted by molar-refractivity contribution is 0.270. The molecule has 0 saturated carbocycles. The van der Waals surface area contributed by atoms with E-state index in [-0.39, 0.29) is 6.61 Å². The largest absolute Gasteiger partial charge is 0.491 e. The fourth-order valence-corrected chi connectivity index (χ4v) is 2.22. The molecular formula is C16H16BrFO2. The van der Waals surface area contributed by atoms with E-state index < -0.39 is 6.67 Å². The number of ether oxygens (including phenoxy) is 2. The van der Waals surface area contributed by atoms with Crippen LogP contribution in [-0.4, -0.2) is 13.3 Å². The fraction of sp³-hybridized carbons (Fsp3) is 0.250. The molecule has 2 aromatic carbocycles. The number of halogens is 2. The van der Waals surface area contributed by atoms with Crippen molar-refractivity contribution in [3.63, 3.8) is 0 Å². The smallest absolute Gasteiger partial charge is 0.123 e. The van der Waals surface area contributed by atoms with Crippen molar-refractivity contribution in [2.24, 2.45) is 0 Å². The highest BCUT2D eigenvalue weighted by Crippen LogP contribution is 2.26. The van der Waals surface area contributed by atoms with Crippen LogP contribution >= 0.6 is 15.9 Å². The summed E-state index contributed by atoms with van der Waals surface area (Å²) < 4.78 is 23.2. The Hall–Kier alpha value is -1.55. The monoisotopic (exact) mass is 338 g/mol. The Balaban J connectivity index is 2.02. The topological polar surface area (TPSA) is 18.5 Å². The van der Waals surface area contributed by atoms with Crippen molar-refractivity contribution in [2.45, 2.75) is 11.9 Å². The van der Waals surface area contributed by atoms with Gasteiger partial charge in [0.05, 0.1) is 0 Å². The lowest BCUT2D eigenvalue weighted by atomic mass is 10.2. The lowest BCUT2D eigenvalue weighted by Gasteiger charge is -2.12. The number of alkyl halides is 2.